The molecule has 10 atom stereocenters. The van der Waals surface area contributed by atoms with Gasteiger partial charge in [0.1, 0.15) is 54.1 Å². The van der Waals surface area contributed by atoms with Gasteiger partial charge in [0.2, 0.25) is 47.3 Å². The molecule has 0 aliphatic carbocycles. The van der Waals surface area contributed by atoms with E-state index in [0.717, 1.165) is 0 Å². The highest BCUT2D eigenvalue weighted by Crippen LogP contribution is 2.16. The van der Waals surface area contributed by atoms with Crippen molar-refractivity contribution in [3.05, 3.63) is 29.8 Å². The summed E-state index contributed by atoms with van der Waals surface area (Å²) >= 11 is 0. The largest absolute Gasteiger partial charge is 0.508 e. The summed E-state index contributed by atoms with van der Waals surface area (Å²) in [5, 5.41) is 84.8. The smallest absolute Gasteiger partial charge is 0.326 e. The van der Waals surface area contributed by atoms with Crippen molar-refractivity contribution in [2.75, 3.05) is 0 Å². The fourth-order valence-corrected chi connectivity index (χ4v) is 7.45. The second-order valence-corrected chi connectivity index (χ2v) is 19.5. The summed E-state index contributed by atoms with van der Waals surface area (Å²) in [5.74, 6) is -20.2. The minimum Gasteiger partial charge on any atom is -0.508 e. The van der Waals surface area contributed by atoms with Gasteiger partial charge < -0.3 is 84.0 Å². The van der Waals surface area contributed by atoms with E-state index in [1.165, 1.54) is 31.2 Å². The first kappa shape index (κ1) is 68.6. The Bertz CT molecular complexity index is 2360. The van der Waals surface area contributed by atoms with Gasteiger partial charge in [-0.1, -0.05) is 60.1 Å². The Morgan fingerprint density at radius 1 is 0.430 bits per heavy atom. The van der Waals surface area contributed by atoms with E-state index in [4.69, 9.17) is 15.9 Å². The molecule has 0 bridgehead atoms. The van der Waals surface area contributed by atoms with E-state index < -0.39 is 195 Å². The van der Waals surface area contributed by atoms with Crippen LogP contribution in [0.1, 0.15) is 111 Å². The molecule has 0 saturated heterocycles. The molecule has 1 aromatic carbocycles. The zero-order valence-electron chi connectivity index (χ0n) is 44.4. The Hall–Kier alpha value is -8.44. The van der Waals surface area contributed by atoms with Gasteiger partial charge in [0.25, 0.3) is 0 Å². The number of benzene rings is 1. The zero-order chi connectivity index (χ0) is 60.4. The predicted octanol–water partition coefficient (Wildman–Crippen LogP) is -2.48. The van der Waals surface area contributed by atoms with E-state index in [-0.39, 0.29) is 42.4 Å². The van der Waals surface area contributed by atoms with Crippen molar-refractivity contribution >= 4 is 83.1 Å². The third kappa shape index (κ3) is 26.5. The number of amides is 8. The highest BCUT2D eigenvalue weighted by molar-refractivity contribution is 5.99. The van der Waals surface area contributed by atoms with Crippen LogP contribution in [0.4, 0.5) is 0 Å². The van der Waals surface area contributed by atoms with E-state index in [0.29, 0.717) is 0 Å². The van der Waals surface area contributed by atoms with E-state index in [1.807, 2.05) is 5.32 Å². The van der Waals surface area contributed by atoms with Gasteiger partial charge in [0, 0.05) is 19.3 Å². The van der Waals surface area contributed by atoms with Crippen molar-refractivity contribution in [3.8, 4) is 5.75 Å². The van der Waals surface area contributed by atoms with Crippen LogP contribution in [0, 0.1) is 17.8 Å². The average Bonchev–Trinajstić information content (AvgIpc) is 3.33. The number of nitrogens with two attached hydrogens (primary N) is 1. The summed E-state index contributed by atoms with van der Waals surface area (Å²) in [5.41, 5.74) is 5.93. The number of carbonyl (C=O) groups excluding carboxylic acids is 8. The number of rotatable bonds is 37. The Kier molecular flexibility index (Phi) is 29.2. The molecule has 0 saturated carbocycles. The number of nitrogens with one attached hydrogen (secondary N) is 8. The molecule has 0 aliphatic rings. The molecule has 0 aromatic heterocycles. The second-order valence-electron chi connectivity index (χ2n) is 19.5. The second kappa shape index (κ2) is 33.7. The molecule has 0 spiro atoms. The third-order valence-corrected chi connectivity index (χ3v) is 11.8. The van der Waals surface area contributed by atoms with Gasteiger partial charge in [-0.25, -0.2) is 4.79 Å². The van der Waals surface area contributed by atoms with Crippen LogP contribution in [0.5, 0.6) is 5.75 Å². The predicted molar refractivity (Wildman–Crippen MR) is 272 cm³/mol. The molecule has 79 heavy (non-hydrogen) atoms. The van der Waals surface area contributed by atoms with Crippen LogP contribution < -0.4 is 48.3 Å². The number of hydrogen-bond acceptors (Lipinski definition) is 16. The van der Waals surface area contributed by atoms with Gasteiger partial charge >= 0.3 is 35.8 Å². The summed E-state index contributed by atoms with van der Waals surface area (Å²) < 4.78 is 0. The summed E-state index contributed by atoms with van der Waals surface area (Å²) in [6, 6.07) is -10.4. The molecular formula is C49H73N9O21. The molecule has 0 aliphatic heterocycles. The zero-order valence-corrected chi connectivity index (χ0v) is 44.4. The van der Waals surface area contributed by atoms with E-state index in [9.17, 15) is 92.7 Å². The highest BCUT2D eigenvalue weighted by atomic mass is 16.4. The summed E-state index contributed by atoms with van der Waals surface area (Å²) in [4.78, 5) is 180. The first-order valence-corrected chi connectivity index (χ1v) is 25.0. The molecule has 440 valence electrons. The van der Waals surface area contributed by atoms with Gasteiger partial charge in [-0.05, 0) is 61.1 Å². The van der Waals surface area contributed by atoms with Crippen LogP contribution in [-0.4, -0.2) is 173 Å². The Balaban J connectivity index is 3.72. The number of phenolic OH excluding ortho intramolecular Hbond substituents is 1. The highest BCUT2D eigenvalue weighted by Gasteiger charge is 2.37. The Morgan fingerprint density at radius 2 is 0.785 bits per heavy atom. The molecule has 0 fully saturated rings. The topological polar surface area (TPSA) is 503 Å². The van der Waals surface area contributed by atoms with Gasteiger partial charge in [-0.15, -0.1) is 0 Å². The maximum absolute atomic E-state index is 14.4. The Labute approximate surface area is 453 Å². The maximum Gasteiger partial charge on any atom is 0.326 e. The molecule has 1 aromatic rings. The van der Waals surface area contributed by atoms with Crippen LogP contribution in [0.25, 0.3) is 0 Å². The molecule has 30 nitrogen and oxygen atoms in total. The minimum atomic E-state index is -1.94. The summed E-state index contributed by atoms with van der Waals surface area (Å²) in [6.07, 6.45) is -6.42. The van der Waals surface area contributed by atoms with Crippen LogP contribution in [0.3, 0.4) is 0 Å². The van der Waals surface area contributed by atoms with Crippen LogP contribution in [-0.2, 0) is 73.5 Å². The standard InChI is InChI=1S/C49H73N9O21/c1-7-24(6)40(58-47(76)33(20-38(66)67)55-44(73)30(16-22(2)3)53-41(70)27(50)19-37(64)65)48(77)56-32(18-25-8-10-26(59)11-9-25)46(75)52-28(12-14-35(60)61)42(71)51-29(13-15-36(62)63)43(72)54-31(17-23(4)5)45(74)57-34(49(78)79)21-39(68)69/h8-11,22-24,27-34,40,59H,7,12-21,50H2,1-6H3,(H,51,71)(H,52,75)(H,53,70)(H,54,72)(H,55,73)(H,56,77)(H,57,74)(H,58,76)(H,60,61)(H,62,63)(H,64,65)(H,66,67)(H,68,69)(H,78,79)/t24-,27-,28-,29-,30-,31-,32-,33-,34-,40-/m0/s1. The SMILES string of the molecule is CC[C@H](C)[C@H](NC(=O)[C@H](CC(=O)O)NC(=O)[C@H](CC(C)C)NC(=O)[C@@H](N)CC(=O)O)C(=O)N[C@@H](Cc1ccc(O)cc1)C(=O)N[C@@H](CCC(=O)O)C(=O)N[C@@H](CCC(=O)O)C(=O)N[C@@H](CC(C)C)C(=O)N[C@@H](CC(=O)O)C(=O)O. The van der Waals surface area contributed by atoms with Crippen LogP contribution >= 0.6 is 0 Å². The van der Waals surface area contributed by atoms with Crippen molar-refractivity contribution in [2.45, 2.75) is 167 Å². The van der Waals surface area contributed by atoms with E-state index in [2.05, 4.69) is 37.2 Å². The molecule has 1 rings (SSSR count). The maximum atomic E-state index is 14.4. The Morgan fingerprint density at radius 3 is 1.19 bits per heavy atom. The number of carboxylic acid groups (broad SMARTS) is 6. The number of aliphatic carboxylic acids is 6. The monoisotopic (exact) mass is 1120 g/mol. The molecule has 0 unspecified atom stereocenters. The number of carboxylic acids is 6. The minimum absolute atomic E-state index is 0.0870. The normalized spacial score (nSPS) is 14.8. The first-order chi connectivity index (χ1) is 36.7. The van der Waals surface area contributed by atoms with Crippen molar-refractivity contribution in [1.82, 2.24) is 42.5 Å². The molecule has 17 N–H and O–H groups in total. The van der Waals surface area contributed by atoms with Gasteiger partial charge in [0.05, 0.1) is 25.3 Å². The van der Waals surface area contributed by atoms with Crippen molar-refractivity contribution in [1.29, 1.82) is 0 Å². The lowest BCUT2D eigenvalue weighted by atomic mass is 9.96. The van der Waals surface area contributed by atoms with Gasteiger partial charge in [-0.2, -0.15) is 0 Å². The van der Waals surface area contributed by atoms with Crippen LogP contribution in [0.2, 0.25) is 0 Å². The number of aromatic hydroxyl groups is 1. The number of hydrogen-bond donors (Lipinski definition) is 16. The van der Waals surface area contributed by atoms with E-state index >= 15 is 0 Å². The third-order valence-electron chi connectivity index (χ3n) is 11.8. The summed E-state index contributed by atoms with van der Waals surface area (Å²) in [7, 11) is 0. The molecule has 0 heterocycles. The first-order valence-electron chi connectivity index (χ1n) is 25.0. The molecular weight excluding hydrogens is 1050 g/mol. The number of phenols is 1. The fourth-order valence-electron chi connectivity index (χ4n) is 7.45. The van der Waals surface area contributed by atoms with Gasteiger partial charge in [0.15, 0.2) is 0 Å². The summed E-state index contributed by atoms with van der Waals surface area (Å²) in [6.45, 7) is 9.64. The average molecular weight is 1120 g/mol. The lowest BCUT2D eigenvalue weighted by Crippen LogP contribution is -2.61. The molecule has 8 amide bonds. The van der Waals surface area contributed by atoms with Crippen molar-refractivity contribution < 1.29 is 103 Å². The van der Waals surface area contributed by atoms with Crippen molar-refractivity contribution in [3.63, 3.8) is 0 Å². The molecule has 30 heteroatoms. The molecule has 0 radical (unpaired) electrons. The lowest BCUT2D eigenvalue weighted by molar-refractivity contribution is -0.147. The van der Waals surface area contributed by atoms with Gasteiger partial charge in [-0.3, -0.25) is 62.3 Å². The fraction of sp³-hybridized carbons (Fsp3) is 0.592. The van der Waals surface area contributed by atoms with Crippen molar-refractivity contribution in [2.24, 2.45) is 23.5 Å². The lowest BCUT2D eigenvalue weighted by Gasteiger charge is -2.30. The van der Waals surface area contributed by atoms with Crippen LogP contribution in [0.15, 0.2) is 24.3 Å². The van der Waals surface area contributed by atoms with E-state index in [1.54, 1.807) is 34.6 Å². The number of carbonyl (C=O) groups is 14. The quantitative estimate of drug-likeness (QED) is 0.0328.